The summed E-state index contributed by atoms with van der Waals surface area (Å²) in [7, 11) is 0. The second kappa shape index (κ2) is 8.72. The van der Waals surface area contributed by atoms with Gasteiger partial charge in [-0.25, -0.2) is 0 Å². The Morgan fingerprint density at radius 3 is 2.69 bits per heavy atom. The normalized spacial score (nSPS) is 18.8. The van der Waals surface area contributed by atoms with Gasteiger partial charge in [0.2, 0.25) is 0 Å². The Kier molecular flexibility index (Phi) is 8.50. The smallest absolute Gasteiger partial charge is 0.322 e. The van der Waals surface area contributed by atoms with Crippen LogP contribution in [0.15, 0.2) is 0 Å². The molecule has 0 radical (unpaired) electrons. The number of nitrogens with zero attached hydrogens (tertiary/aromatic N) is 1. The molecule has 7 heteroatoms. The van der Waals surface area contributed by atoms with Crippen molar-refractivity contribution in [1.29, 1.82) is 0 Å². The molecule has 16 heavy (non-hydrogen) atoms. The van der Waals surface area contributed by atoms with Crippen LogP contribution in [-0.2, 0) is 14.3 Å². The van der Waals surface area contributed by atoms with Gasteiger partial charge in [0.15, 0.2) is 0 Å². The first kappa shape index (κ1) is 15.6. The zero-order chi connectivity index (χ0) is 11.1. The van der Waals surface area contributed by atoms with E-state index in [0.29, 0.717) is 6.61 Å². The van der Waals surface area contributed by atoms with Crippen LogP contribution < -0.4 is 5.73 Å². The SMILES string of the molecule is Cl.N[C@@H](COCCN1CCOCC1)C(=O)O. The number of morpholine rings is 1. The van der Waals surface area contributed by atoms with Crippen LogP contribution in [0.4, 0.5) is 0 Å². The molecule has 0 saturated carbocycles. The summed E-state index contributed by atoms with van der Waals surface area (Å²) in [5.74, 6) is -1.03. The van der Waals surface area contributed by atoms with Gasteiger partial charge in [0.1, 0.15) is 6.04 Å². The van der Waals surface area contributed by atoms with Gasteiger partial charge >= 0.3 is 5.97 Å². The second-order valence-corrected chi connectivity index (χ2v) is 3.47. The third-order valence-electron chi connectivity index (χ3n) is 2.27. The highest BCUT2D eigenvalue weighted by Gasteiger charge is 2.12. The molecule has 1 saturated heterocycles. The molecular formula is C9H19ClN2O4. The standard InChI is InChI=1S/C9H18N2O4.ClH/c10-8(9(12)13)7-15-6-3-11-1-4-14-5-2-11;/h8H,1-7,10H2,(H,12,13);1H/t8-;/m0./s1. The van der Waals surface area contributed by atoms with Crippen molar-refractivity contribution < 1.29 is 19.4 Å². The lowest BCUT2D eigenvalue weighted by atomic mass is 10.3. The third-order valence-corrected chi connectivity index (χ3v) is 2.27. The molecule has 1 aliphatic heterocycles. The Morgan fingerprint density at radius 2 is 2.12 bits per heavy atom. The average molecular weight is 255 g/mol. The van der Waals surface area contributed by atoms with Gasteiger partial charge in [0, 0.05) is 19.6 Å². The maximum Gasteiger partial charge on any atom is 0.322 e. The monoisotopic (exact) mass is 254 g/mol. The summed E-state index contributed by atoms with van der Waals surface area (Å²) >= 11 is 0. The molecule has 1 heterocycles. The summed E-state index contributed by atoms with van der Waals surface area (Å²) in [6.07, 6.45) is 0. The zero-order valence-electron chi connectivity index (χ0n) is 9.13. The van der Waals surface area contributed by atoms with E-state index in [1.54, 1.807) is 0 Å². The van der Waals surface area contributed by atoms with Gasteiger partial charge in [-0.3, -0.25) is 9.69 Å². The molecule has 6 nitrogen and oxygen atoms in total. The number of hydrogen-bond acceptors (Lipinski definition) is 5. The quantitative estimate of drug-likeness (QED) is 0.602. The summed E-state index contributed by atoms with van der Waals surface area (Å²) in [5.41, 5.74) is 5.28. The van der Waals surface area contributed by atoms with Crippen molar-refractivity contribution in [2.75, 3.05) is 46.1 Å². The maximum atomic E-state index is 10.4. The molecule has 0 spiro atoms. The first-order valence-electron chi connectivity index (χ1n) is 5.06. The van der Waals surface area contributed by atoms with E-state index >= 15 is 0 Å². The summed E-state index contributed by atoms with van der Waals surface area (Å²) in [4.78, 5) is 12.6. The van der Waals surface area contributed by atoms with E-state index in [-0.39, 0.29) is 19.0 Å². The molecular weight excluding hydrogens is 236 g/mol. The molecule has 1 aliphatic rings. The van der Waals surface area contributed by atoms with Crippen LogP contribution in [0.5, 0.6) is 0 Å². The highest BCUT2D eigenvalue weighted by atomic mass is 35.5. The number of aliphatic carboxylic acids is 1. The van der Waals surface area contributed by atoms with Crippen molar-refractivity contribution in [3.05, 3.63) is 0 Å². The molecule has 1 fully saturated rings. The van der Waals surface area contributed by atoms with Crippen molar-refractivity contribution in [2.45, 2.75) is 6.04 Å². The van der Waals surface area contributed by atoms with E-state index in [1.807, 2.05) is 0 Å². The van der Waals surface area contributed by atoms with Crippen LogP contribution in [0.1, 0.15) is 0 Å². The van der Waals surface area contributed by atoms with Gasteiger partial charge in [-0.2, -0.15) is 0 Å². The molecule has 96 valence electrons. The predicted octanol–water partition coefficient (Wildman–Crippen LogP) is -0.831. The first-order valence-corrected chi connectivity index (χ1v) is 5.06. The Balaban J connectivity index is 0.00000225. The number of hydrogen-bond donors (Lipinski definition) is 2. The van der Waals surface area contributed by atoms with E-state index in [0.717, 1.165) is 32.8 Å². The lowest BCUT2D eigenvalue weighted by Gasteiger charge is -2.26. The molecule has 0 aromatic rings. The number of halogens is 1. The van der Waals surface area contributed by atoms with Gasteiger partial charge in [0.05, 0.1) is 26.4 Å². The van der Waals surface area contributed by atoms with Crippen LogP contribution in [-0.4, -0.2) is 68.1 Å². The Labute approximate surface area is 101 Å². The third kappa shape index (κ3) is 6.24. The largest absolute Gasteiger partial charge is 0.480 e. The molecule has 0 bridgehead atoms. The zero-order valence-corrected chi connectivity index (χ0v) is 9.95. The fourth-order valence-corrected chi connectivity index (χ4v) is 1.30. The van der Waals surface area contributed by atoms with Gasteiger partial charge in [-0.1, -0.05) is 0 Å². The number of carbonyl (C=O) groups is 1. The molecule has 0 amide bonds. The van der Waals surface area contributed by atoms with E-state index < -0.39 is 12.0 Å². The molecule has 0 aromatic heterocycles. The number of carboxylic acid groups (broad SMARTS) is 1. The minimum absolute atomic E-state index is 0. The van der Waals surface area contributed by atoms with Crippen molar-refractivity contribution in [3.8, 4) is 0 Å². The fraction of sp³-hybridized carbons (Fsp3) is 0.889. The van der Waals surface area contributed by atoms with E-state index in [9.17, 15) is 4.79 Å². The molecule has 0 aliphatic carbocycles. The van der Waals surface area contributed by atoms with Gasteiger partial charge in [-0.15, -0.1) is 12.4 Å². The van der Waals surface area contributed by atoms with Crippen LogP contribution >= 0.6 is 12.4 Å². The Morgan fingerprint density at radius 1 is 1.50 bits per heavy atom. The molecule has 0 aromatic carbocycles. The molecule has 1 rings (SSSR count). The number of ether oxygens (including phenoxy) is 2. The van der Waals surface area contributed by atoms with Crippen molar-refractivity contribution in [2.24, 2.45) is 5.73 Å². The predicted molar refractivity (Wildman–Crippen MR) is 60.9 cm³/mol. The molecule has 1 atom stereocenters. The van der Waals surface area contributed by atoms with Crippen LogP contribution in [0.25, 0.3) is 0 Å². The van der Waals surface area contributed by atoms with Crippen molar-refractivity contribution in [3.63, 3.8) is 0 Å². The van der Waals surface area contributed by atoms with E-state index in [1.165, 1.54) is 0 Å². The topological polar surface area (TPSA) is 85.0 Å². The van der Waals surface area contributed by atoms with E-state index in [2.05, 4.69) is 4.90 Å². The minimum Gasteiger partial charge on any atom is -0.480 e. The van der Waals surface area contributed by atoms with Crippen LogP contribution in [0.3, 0.4) is 0 Å². The fourth-order valence-electron chi connectivity index (χ4n) is 1.30. The lowest BCUT2D eigenvalue weighted by Crippen LogP contribution is -2.39. The summed E-state index contributed by atoms with van der Waals surface area (Å²) in [6.45, 7) is 4.72. The number of rotatable bonds is 6. The van der Waals surface area contributed by atoms with Crippen molar-refractivity contribution >= 4 is 18.4 Å². The van der Waals surface area contributed by atoms with Crippen LogP contribution in [0.2, 0.25) is 0 Å². The van der Waals surface area contributed by atoms with Crippen molar-refractivity contribution in [1.82, 2.24) is 4.90 Å². The lowest BCUT2D eigenvalue weighted by molar-refractivity contribution is -0.140. The Hall–Kier alpha value is -0.400. The summed E-state index contributed by atoms with van der Waals surface area (Å²) in [6, 6.07) is -0.922. The highest BCUT2D eigenvalue weighted by Crippen LogP contribution is 1.95. The number of nitrogens with two attached hydrogens (primary N) is 1. The Bertz CT molecular complexity index is 200. The van der Waals surface area contributed by atoms with Crippen LogP contribution in [0, 0.1) is 0 Å². The number of carboxylic acids is 1. The van der Waals surface area contributed by atoms with E-state index in [4.69, 9.17) is 20.3 Å². The molecule has 3 N–H and O–H groups in total. The average Bonchev–Trinajstić information content (AvgIpc) is 2.25. The summed E-state index contributed by atoms with van der Waals surface area (Å²) in [5, 5.41) is 8.50. The van der Waals surface area contributed by atoms with Gasteiger partial charge in [0.25, 0.3) is 0 Å². The van der Waals surface area contributed by atoms with Gasteiger partial charge in [-0.05, 0) is 0 Å². The summed E-state index contributed by atoms with van der Waals surface area (Å²) < 4.78 is 10.4. The molecule has 0 unspecified atom stereocenters. The minimum atomic E-state index is -1.03. The highest BCUT2D eigenvalue weighted by molar-refractivity contribution is 5.85. The second-order valence-electron chi connectivity index (χ2n) is 3.47. The maximum absolute atomic E-state index is 10.4. The first-order chi connectivity index (χ1) is 7.20. The van der Waals surface area contributed by atoms with Gasteiger partial charge < -0.3 is 20.3 Å².